The summed E-state index contributed by atoms with van der Waals surface area (Å²) in [7, 11) is 3.26. The zero-order valence-corrected chi connectivity index (χ0v) is 29.3. The molecule has 2 amide bonds. The molecule has 2 heterocycles. The summed E-state index contributed by atoms with van der Waals surface area (Å²) in [6.07, 6.45) is 0.730. The third-order valence-corrected chi connectivity index (χ3v) is 9.68. The summed E-state index contributed by atoms with van der Waals surface area (Å²) in [6, 6.07) is 35.0. The molecule has 0 bridgehead atoms. The van der Waals surface area contributed by atoms with E-state index in [2.05, 4.69) is 56.1 Å². The second kappa shape index (κ2) is 13.8. The average Bonchev–Trinajstić information content (AvgIpc) is 3.48. The topological polar surface area (TPSA) is 72.8 Å². The Bertz CT molecular complexity index is 2200. The third kappa shape index (κ3) is 6.80. The van der Waals surface area contributed by atoms with E-state index in [0.717, 1.165) is 49.6 Å². The van der Waals surface area contributed by atoms with E-state index in [0.29, 0.717) is 53.1 Å². The van der Waals surface area contributed by atoms with Crippen molar-refractivity contribution >= 4 is 55.9 Å². The largest absolute Gasteiger partial charge is 0.493 e. The summed E-state index contributed by atoms with van der Waals surface area (Å²) in [5, 5.41) is 4.49. The first kappa shape index (κ1) is 32.5. The Hall–Kier alpha value is -5.05. The molecule has 0 spiro atoms. The number of fused-ring (bicyclic) bond motifs is 2. The molecule has 1 aliphatic heterocycles. The fourth-order valence-corrected chi connectivity index (χ4v) is 6.96. The smallest absolute Gasteiger partial charge is 0.270 e. The van der Waals surface area contributed by atoms with Gasteiger partial charge in [0.2, 0.25) is 0 Å². The van der Waals surface area contributed by atoms with Crippen molar-refractivity contribution in [3.8, 4) is 22.6 Å². The molecule has 0 saturated carbocycles. The number of hydrogen-bond donors (Lipinski definition) is 1. The highest BCUT2D eigenvalue weighted by atomic mass is 79.9. The van der Waals surface area contributed by atoms with Crippen molar-refractivity contribution in [3.63, 3.8) is 0 Å². The quantitative estimate of drug-likeness (QED) is 0.169. The zero-order valence-electron chi connectivity index (χ0n) is 27.0. The highest BCUT2D eigenvalue weighted by Crippen LogP contribution is 2.35. The molecule has 0 fully saturated rings. The van der Waals surface area contributed by atoms with Gasteiger partial charge in [-0.05, 0) is 113 Å². The number of nitrogens with one attached hydrogen (secondary N) is 1. The van der Waals surface area contributed by atoms with E-state index in [-0.39, 0.29) is 11.8 Å². The van der Waals surface area contributed by atoms with Crippen molar-refractivity contribution in [2.75, 3.05) is 26.1 Å². The minimum Gasteiger partial charge on any atom is -0.493 e. The zero-order chi connectivity index (χ0) is 34.1. The molecular weight excluding hydrogens is 702 g/mol. The lowest BCUT2D eigenvalue weighted by molar-refractivity contribution is 0.0724. The number of benzene rings is 5. The van der Waals surface area contributed by atoms with Crippen LogP contribution in [0.2, 0.25) is 5.02 Å². The number of methoxy groups -OCH3 is 2. The molecule has 0 atom stereocenters. The fraction of sp³-hybridized carbons (Fsp3) is 0.150. The van der Waals surface area contributed by atoms with Crippen LogP contribution in [0.1, 0.15) is 37.5 Å². The van der Waals surface area contributed by atoms with Crippen molar-refractivity contribution < 1.29 is 19.1 Å². The molecule has 7 nitrogen and oxygen atoms in total. The van der Waals surface area contributed by atoms with Crippen LogP contribution in [0.25, 0.3) is 22.0 Å². The van der Waals surface area contributed by atoms with Crippen LogP contribution in [0.15, 0.2) is 114 Å². The number of carbonyl (C=O) groups is 2. The normalized spacial score (nSPS) is 12.4. The van der Waals surface area contributed by atoms with Crippen LogP contribution in [-0.4, -0.2) is 42.0 Å². The first-order valence-corrected chi connectivity index (χ1v) is 17.0. The Morgan fingerprint density at radius 2 is 1.53 bits per heavy atom. The van der Waals surface area contributed by atoms with Gasteiger partial charge in [-0.2, -0.15) is 0 Å². The van der Waals surface area contributed by atoms with Crippen molar-refractivity contribution in [1.29, 1.82) is 0 Å². The number of hydrogen-bond acceptors (Lipinski definition) is 4. The van der Waals surface area contributed by atoms with Gasteiger partial charge >= 0.3 is 0 Å². The van der Waals surface area contributed by atoms with Gasteiger partial charge in [0.1, 0.15) is 5.69 Å². The second-order valence-electron chi connectivity index (χ2n) is 12.0. The Kier molecular flexibility index (Phi) is 9.17. The van der Waals surface area contributed by atoms with Crippen molar-refractivity contribution in [3.05, 3.63) is 147 Å². The van der Waals surface area contributed by atoms with E-state index >= 15 is 0 Å². The molecule has 246 valence electrons. The summed E-state index contributed by atoms with van der Waals surface area (Å²) in [5.74, 6) is 1.13. The maximum Gasteiger partial charge on any atom is 0.270 e. The number of anilines is 1. The molecule has 9 heteroatoms. The van der Waals surface area contributed by atoms with Crippen LogP contribution in [0, 0.1) is 0 Å². The van der Waals surface area contributed by atoms with Crippen LogP contribution in [0.4, 0.5) is 5.69 Å². The van der Waals surface area contributed by atoms with Crippen LogP contribution >= 0.6 is 27.5 Å². The number of rotatable bonds is 8. The second-order valence-corrected chi connectivity index (χ2v) is 13.4. The minimum atomic E-state index is -0.203. The van der Waals surface area contributed by atoms with Gasteiger partial charge < -0.3 is 24.3 Å². The maximum absolute atomic E-state index is 14.3. The lowest BCUT2D eigenvalue weighted by Crippen LogP contribution is -2.37. The third-order valence-electron chi connectivity index (χ3n) is 8.94. The van der Waals surface area contributed by atoms with Crippen LogP contribution < -0.4 is 14.8 Å². The van der Waals surface area contributed by atoms with Gasteiger partial charge in [-0.25, -0.2) is 0 Å². The molecule has 7 rings (SSSR count). The lowest BCUT2D eigenvalue weighted by Gasteiger charge is -2.30. The van der Waals surface area contributed by atoms with E-state index in [1.807, 2.05) is 59.5 Å². The number of amides is 2. The van der Waals surface area contributed by atoms with Crippen molar-refractivity contribution in [2.24, 2.45) is 0 Å². The Labute approximate surface area is 298 Å². The number of carbonyl (C=O) groups excluding carboxylic acids is 2. The molecule has 6 aromatic rings. The molecule has 5 aromatic carbocycles. The molecule has 1 N–H and O–H groups in total. The average molecular weight is 735 g/mol. The number of halogens is 2. The molecule has 0 unspecified atom stereocenters. The van der Waals surface area contributed by atoms with Gasteiger partial charge in [0.15, 0.2) is 11.5 Å². The fourth-order valence-electron chi connectivity index (χ4n) is 6.38. The van der Waals surface area contributed by atoms with E-state index < -0.39 is 0 Å². The molecule has 0 radical (unpaired) electrons. The van der Waals surface area contributed by atoms with E-state index in [1.54, 1.807) is 38.5 Å². The summed E-state index contributed by atoms with van der Waals surface area (Å²) in [5.41, 5.74) is 8.15. The Balaban J connectivity index is 1.19. The predicted octanol–water partition coefficient (Wildman–Crippen LogP) is 9.24. The molecule has 1 aromatic heterocycles. The first-order valence-electron chi connectivity index (χ1n) is 15.9. The standard InChI is InChI=1S/C40H33BrClN3O4/c1-48-37-21-29-16-17-44(24-31(29)22-38(37)49-2)40(47)36-20-30-19-28(10-15-35(30)45(36)23-25-4-3-5-32(41)18-25)26-8-13-34(14-9-26)43-39(46)27-6-11-33(42)12-7-27/h3-15,18-22H,16-17,23-24H2,1-2H3,(H,43,46). The summed E-state index contributed by atoms with van der Waals surface area (Å²) < 4.78 is 14.2. The number of nitrogens with zero attached hydrogens (tertiary/aromatic N) is 2. The van der Waals surface area contributed by atoms with Gasteiger partial charge in [0.05, 0.1) is 14.2 Å². The van der Waals surface area contributed by atoms with Gasteiger partial charge in [0, 0.05) is 51.3 Å². The summed E-state index contributed by atoms with van der Waals surface area (Å²) >= 11 is 9.56. The Morgan fingerprint density at radius 3 is 2.24 bits per heavy atom. The summed E-state index contributed by atoms with van der Waals surface area (Å²) in [4.78, 5) is 28.9. The minimum absolute atomic E-state index is 0.0195. The molecule has 0 saturated heterocycles. The molecular formula is C40H33BrClN3O4. The van der Waals surface area contributed by atoms with E-state index in [9.17, 15) is 9.59 Å². The molecule has 1 aliphatic rings. The highest BCUT2D eigenvalue weighted by Gasteiger charge is 2.27. The van der Waals surface area contributed by atoms with E-state index in [4.69, 9.17) is 21.1 Å². The van der Waals surface area contributed by atoms with Crippen molar-refractivity contribution in [1.82, 2.24) is 9.47 Å². The highest BCUT2D eigenvalue weighted by molar-refractivity contribution is 9.10. The molecule has 49 heavy (non-hydrogen) atoms. The van der Waals surface area contributed by atoms with Crippen LogP contribution in [-0.2, 0) is 19.5 Å². The molecule has 0 aliphatic carbocycles. The van der Waals surface area contributed by atoms with Crippen LogP contribution in [0.3, 0.4) is 0 Å². The Morgan fingerprint density at radius 1 is 0.816 bits per heavy atom. The summed E-state index contributed by atoms with van der Waals surface area (Å²) in [6.45, 7) is 1.63. The van der Waals surface area contributed by atoms with Gasteiger partial charge in [0.25, 0.3) is 11.8 Å². The monoisotopic (exact) mass is 733 g/mol. The lowest BCUT2D eigenvalue weighted by atomic mass is 9.98. The van der Waals surface area contributed by atoms with Gasteiger partial charge in [-0.3, -0.25) is 9.59 Å². The predicted molar refractivity (Wildman–Crippen MR) is 198 cm³/mol. The van der Waals surface area contributed by atoms with Crippen molar-refractivity contribution in [2.45, 2.75) is 19.5 Å². The maximum atomic E-state index is 14.3. The first-order chi connectivity index (χ1) is 23.8. The number of aromatic nitrogens is 1. The van der Waals surface area contributed by atoms with E-state index in [1.165, 1.54) is 0 Å². The number of ether oxygens (including phenoxy) is 2. The van der Waals surface area contributed by atoms with Gasteiger partial charge in [-0.1, -0.05) is 57.9 Å². The van der Waals surface area contributed by atoms with Gasteiger partial charge in [-0.15, -0.1) is 0 Å². The SMILES string of the molecule is COc1cc2c(cc1OC)CN(C(=O)c1cc3cc(-c4ccc(NC(=O)c5ccc(Cl)cc5)cc4)ccc3n1Cc1cccc(Br)c1)CC2. The van der Waals surface area contributed by atoms with Crippen LogP contribution in [0.5, 0.6) is 11.5 Å².